The first-order valence-corrected chi connectivity index (χ1v) is 7.17. The Labute approximate surface area is 120 Å². The van der Waals surface area contributed by atoms with Crippen LogP contribution >= 0.6 is 0 Å². The van der Waals surface area contributed by atoms with Gasteiger partial charge in [-0.25, -0.2) is 4.79 Å². The van der Waals surface area contributed by atoms with Crippen LogP contribution in [0.2, 0.25) is 0 Å². The molecule has 0 bridgehead atoms. The summed E-state index contributed by atoms with van der Waals surface area (Å²) in [6.45, 7) is 7.52. The molecule has 0 aliphatic carbocycles. The zero-order valence-electron chi connectivity index (χ0n) is 12.4. The van der Waals surface area contributed by atoms with E-state index < -0.39 is 6.03 Å². The molecular formula is C15H25N3O2. The molecule has 0 saturated carbocycles. The summed E-state index contributed by atoms with van der Waals surface area (Å²) < 4.78 is 0. The second-order valence-electron chi connectivity index (χ2n) is 4.93. The molecule has 0 spiro atoms. The van der Waals surface area contributed by atoms with Gasteiger partial charge < -0.3 is 21.1 Å². The molecule has 5 heteroatoms. The Morgan fingerprint density at radius 2 is 1.90 bits per heavy atom. The molecule has 5 nitrogen and oxygen atoms in total. The Hall–Kier alpha value is -1.75. The summed E-state index contributed by atoms with van der Waals surface area (Å²) in [5.41, 5.74) is 6.52. The molecule has 0 aliphatic rings. The zero-order chi connectivity index (χ0) is 15.0. The number of hydrogen-bond acceptors (Lipinski definition) is 3. The van der Waals surface area contributed by atoms with Gasteiger partial charge in [0.1, 0.15) is 5.75 Å². The third kappa shape index (κ3) is 5.48. The molecule has 1 aromatic carbocycles. The van der Waals surface area contributed by atoms with E-state index in [1.54, 1.807) is 12.1 Å². The summed E-state index contributed by atoms with van der Waals surface area (Å²) in [5, 5.41) is 12.1. The number of phenols is 1. The van der Waals surface area contributed by atoms with Crippen LogP contribution in [0.3, 0.4) is 0 Å². The van der Waals surface area contributed by atoms with Crippen molar-refractivity contribution in [2.45, 2.75) is 33.1 Å². The number of nitrogens with zero attached hydrogens (tertiary/aromatic N) is 1. The number of urea groups is 1. The molecule has 2 amide bonds. The molecule has 20 heavy (non-hydrogen) atoms. The van der Waals surface area contributed by atoms with Gasteiger partial charge in [-0.15, -0.1) is 0 Å². The first-order chi connectivity index (χ1) is 9.56. The highest BCUT2D eigenvalue weighted by Gasteiger charge is 2.07. The smallest absolute Gasteiger partial charge is 0.316 e. The summed E-state index contributed by atoms with van der Waals surface area (Å²) in [6.07, 6.45) is 3.17. The van der Waals surface area contributed by atoms with Crippen LogP contribution in [-0.4, -0.2) is 35.7 Å². The van der Waals surface area contributed by atoms with E-state index in [1.807, 2.05) is 6.07 Å². The normalized spacial score (nSPS) is 10.8. The third-order valence-corrected chi connectivity index (χ3v) is 3.12. The molecule has 0 saturated heterocycles. The Morgan fingerprint density at radius 1 is 1.25 bits per heavy atom. The number of carbonyl (C=O) groups excluding carboxylic acids is 1. The minimum Gasteiger partial charge on any atom is -0.506 e. The molecule has 0 atom stereocenters. The molecule has 0 aromatic heterocycles. The fraction of sp³-hybridized carbons (Fsp3) is 0.533. The minimum absolute atomic E-state index is 0.0338. The van der Waals surface area contributed by atoms with Crippen LogP contribution in [0.15, 0.2) is 18.2 Å². The van der Waals surface area contributed by atoms with E-state index in [-0.39, 0.29) is 5.75 Å². The molecule has 0 heterocycles. The lowest BCUT2D eigenvalue weighted by atomic mass is 10.1. The van der Waals surface area contributed by atoms with E-state index >= 15 is 0 Å². The van der Waals surface area contributed by atoms with Crippen molar-refractivity contribution in [1.29, 1.82) is 0 Å². The van der Waals surface area contributed by atoms with Gasteiger partial charge in [0.2, 0.25) is 0 Å². The number of nitrogens with two attached hydrogens (primary N) is 1. The van der Waals surface area contributed by atoms with E-state index in [4.69, 9.17) is 5.73 Å². The molecule has 0 fully saturated rings. The van der Waals surface area contributed by atoms with Crippen LogP contribution in [0.4, 0.5) is 10.5 Å². The van der Waals surface area contributed by atoms with Gasteiger partial charge in [0.05, 0.1) is 5.69 Å². The maximum Gasteiger partial charge on any atom is 0.316 e. The molecule has 1 rings (SSSR count). The number of benzene rings is 1. The quantitative estimate of drug-likeness (QED) is 0.640. The highest BCUT2D eigenvalue weighted by atomic mass is 16.3. The number of aromatic hydroxyl groups is 1. The Bertz CT molecular complexity index is 429. The van der Waals surface area contributed by atoms with Gasteiger partial charge in [0.15, 0.2) is 0 Å². The molecule has 4 N–H and O–H groups in total. The molecule has 0 unspecified atom stereocenters. The fourth-order valence-corrected chi connectivity index (χ4v) is 2.23. The third-order valence-electron chi connectivity index (χ3n) is 3.12. The predicted molar refractivity (Wildman–Crippen MR) is 82.0 cm³/mol. The summed E-state index contributed by atoms with van der Waals surface area (Å²) in [6, 6.07) is 4.56. The van der Waals surface area contributed by atoms with Crippen molar-refractivity contribution in [3.8, 4) is 5.75 Å². The lowest BCUT2D eigenvalue weighted by Gasteiger charge is -2.21. The Morgan fingerprint density at radius 3 is 2.45 bits per heavy atom. The summed E-state index contributed by atoms with van der Waals surface area (Å²) in [5.74, 6) is 0.0338. The number of carbonyl (C=O) groups is 1. The van der Waals surface area contributed by atoms with E-state index in [0.29, 0.717) is 5.69 Å². The zero-order valence-corrected chi connectivity index (χ0v) is 12.4. The van der Waals surface area contributed by atoms with Crippen LogP contribution in [0.1, 0.15) is 32.3 Å². The summed E-state index contributed by atoms with van der Waals surface area (Å²) in [4.78, 5) is 13.3. The minimum atomic E-state index is -0.670. The first kappa shape index (κ1) is 16.3. The van der Waals surface area contributed by atoms with Crippen molar-refractivity contribution in [3.63, 3.8) is 0 Å². The van der Waals surface area contributed by atoms with Crippen LogP contribution in [0, 0.1) is 0 Å². The van der Waals surface area contributed by atoms with Crippen molar-refractivity contribution in [2.75, 3.05) is 25.0 Å². The van der Waals surface area contributed by atoms with E-state index in [0.717, 1.165) is 44.5 Å². The van der Waals surface area contributed by atoms with Gasteiger partial charge in [0.25, 0.3) is 0 Å². The average Bonchev–Trinajstić information content (AvgIpc) is 2.39. The predicted octanol–water partition coefficient (Wildman–Crippen LogP) is 2.55. The first-order valence-electron chi connectivity index (χ1n) is 7.17. The second-order valence-corrected chi connectivity index (χ2v) is 4.93. The number of nitrogens with one attached hydrogen (secondary N) is 1. The van der Waals surface area contributed by atoms with Crippen molar-refractivity contribution in [1.82, 2.24) is 4.90 Å². The highest BCUT2D eigenvalue weighted by molar-refractivity contribution is 5.89. The number of primary amides is 1. The number of phenolic OH excluding ortho intramolecular Hbond substituents is 1. The second kappa shape index (κ2) is 8.43. The van der Waals surface area contributed by atoms with Crippen molar-refractivity contribution in [2.24, 2.45) is 5.73 Å². The summed E-state index contributed by atoms with van der Waals surface area (Å²) in [7, 11) is 0. The molecule has 1 aromatic rings. The largest absolute Gasteiger partial charge is 0.506 e. The van der Waals surface area contributed by atoms with E-state index in [2.05, 4.69) is 24.1 Å². The van der Waals surface area contributed by atoms with Gasteiger partial charge >= 0.3 is 6.03 Å². The SMILES string of the molecule is CCCN(CCC)CCc1ccc(O)c(NC(N)=O)c1. The van der Waals surface area contributed by atoms with Crippen LogP contribution < -0.4 is 11.1 Å². The Kier molecular flexibility index (Phi) is 6.87. The van der Waals surface area contributed by atoms with Crippen molar-refractivity contribution in [3.05, 3.63) is 23.8 Å². The Balaban J connectivity index is 2.65. The lowest BCUT2D eigenvalue weighted by molar-refractivity contribution is 0.259. The molecular weight excluding hydrogens is 254 g/mol. The lowest BCUT2D eigenvalue weighted by Crippen LogP contribution is -2.27. The average molecular weight is 279 g/mol. The number of rotatable bonds is 8. The number of amides is 2. The molecule has 0 aliphatic heterocycles. The van der Waals surface area contributed by atoms with E-state index in [9.17, 15) is 9.90 Å². The van der Waals surface area contributed by atoms with Gasteiger partial charge in [-0.3, -0.25) is 0 Å². The fourth-order valence-electron chi connectivity index (χ4n) is 2.23. The monoisotopic (exact) mass is 279 g/mol. The highest BCUT2D eigenvalue weighted by Crippen LogP contribution is 2.24. The molecule has 0 radical (unpaired) electrons. The standard InChI is InChI=1S/C15H25N3O2/c1-3-8-18(9-4-2)10-7-12-5-6-14(19)13(11-12)17-15(16)20/h5-6,11,19H,3-4,7-10H2,1-2H3,(H3,16,17,20). The van der Waals surface area contributed by atoms with E-state index in [1.165, 1.54) is 0 Å². The van der Waals surface area contributed by atoms with Gasteiger partial charge in [-0.05, 0) is 50.0 Å². The van der Waals surface area contributed by atoms with Crippen LogP contribution in [0.25, 0.3) is 0 Å². The molecule has 112 valence electrons. The van der Waals surface area contributed by atoms with Gasteiger partial charge in [0, 0.05) is 6.54 Å². The van der Waals surface area contributed by atoms with Gasteiger partial charge in [-0.1, -0.05) is 19.9 Å². The van der Waals surface area contributed by atoms with Crippen molar-refractivity contribution >= 4 is 11.7 Å². The van der Waals surface area contributed by atoms with Crippen molar-refractivity contribution < 1.29 is 9.90 Å². The maximum absolute atomic E-state index is 10.9. The number of anilines is 1. The van der Waals surface area contributed by atoms with Gasteiger partial charge in [-0.2, -0.15) is 0 Å². The van der Waals surface area contributed by atoms with Crippen LogP contribution in [-0.2, 0) is 6.42 Å². The van der Waals surface area contributed by atoms with Crippen LogP contribution in [0.5, 0.6) is 5.75 Å². The summed E-state index contributed by atoms with van der Waals surface area (Å²) >= 11 is 0. The maximum atomic E-state index is 10.9. The number of hydrogen-bond donors (Lipinski definition) is 3. The topological polar surface area (TPSA) is 78.6 Å².